The summed E-state index contributed by atoms with van der Waals surface area (Å²) < 4.78 is 14.1. The third-order valence-corrected chi connectivity index (χ3v) is 6.31. The van der Waals surface area contributed by atoms with E-state index >= 15 is 0 Å². The number of carbonyl (C=O) groups is 1. The Balaban J connectivity index is 1.41. The Labute approximate surface area is 171 Å². The number of aryl methyl sites for hydroxylation is 1. The van der Waals surface area contributed by atoms with Gasteiger partial charge in [-0.15, -0.1) is 0 Å². The van der Waals surface area contributed by atoms with E-state index in [4.69, 9.17) is 0 Å². The number of benzene rings is 2. The molecule has 0 radical (unpaired) electrons. The van der Waals surface area contributed by atoms with Crippen molar-refractivity contribution in [1.82, 2.24) is 10.3 Å². The van der Waals surface area contributed by atoms with Gasteiger partial charge < -0.3 is 5.32 Å². The van der Waals surface area contributed by atoms with Gasteiger partial charge in [-0.3, -0.25) is 9.78 Å². The van der Waals surface area contributed by atoms with E-state index in [0.717, 1.165) is 42.2 Å². The van der Waals surface area contributed by atoms with Crippen LogP contribution in [0.2, 0.25) is 0 Å². The molecular weight excluding hydrogens is 363 g/mol. The Morgan fingerprint density at radius 2 is 1.86 bits per heavy atom. The number of nitrogens with one attached hydrogen (secondary N) is 1. The minimum absolute atomic E-state index is 0.000994. The van der Waals surface area contributed by atoms with Crippen molar-refractivity contribution in [3.63, 3.8) is 0 Å². The smallest absolute Gasteiger partial charge is 0.251 e. The normalized spacial score (nSPS) is 20.4. The first-order chi connectivity index (χ1) is 14.0. The van der Waals surface area contributed by atoms with Crippen molar-refractivity contribution in [2.75, 3.05) is 0 Å². The van der Waals surface area contributed by atoms with Gasteiger partial charge in [0.05, 0.1) is 0 Å². The van der Waals surface area contributed by atoms with Crippen molar-refractivity contribution >= 4 is 16.8 Å². The van der Waals surface area contributed by atoms with Crippen LogP contribution in [0.25, 0.3) is 10.9 Å². The first-order valence-electron chi connectivity index (χ1n) is 10.4. The van der Waals surface area contributed by atoms with Gasteiger partial charge in [0.2, 0.25) is 0 Å². The number of rotatable bonds is 4. The quantitative estimate of drug-likeness (QED) is 0.614. The summed E-state index contributed by atoms with van der Waals surface area (Å²) in [6.07, 6.45) is 5.92. The highest BCUT2D eigenvalue weighted by atomic mass is 19.1. The van der Waals surface area contributed by atoms with Crippen LogP contribution in [0.15, 0.2) is 54.7 Å². The minimum Gasteiger partial charge on any atom is -0.349 e. The standard InChI is InChI=1S/C25H27FN2O/c1-16-5-3-6-20(15-16)25(29)28-17(2)18-9-11-19(12-10-18)21-13-14-27-24-22(21)7-4-8-23(24)26/h3-8,13-15,17-19H,9-12H2,1-2H3,(H,28,29)/t17-,18?,19?/m1/s1. The second-order valence-electron chi connectivity index (χ2n) is 8.28. The molecule has 2 aromatic carbocycles. The number of para-hydroxylation sites is 1. The predicted octanol–water partition coefficient (Wildman–Crippen LogP) is 5.77. The lowest BCUT2D eigenvalue weighted by Crippen LogP contribution is -2.39. The van der Waals surface area contributed by atoms with Crippen LogP contribution < -0.4 is 5.32 Å². The molecular formula is C25H27FN2O. The van der Waals surface area contributed by atoms with Gasteiger partial charge in [0.25, 0.3) is 5.91 Å². The van der Waals surface area contributed by atoms with Gasteiger partial charge in [0.15, 0.2) is 0 Å². The van der Waals surface area contributed by atoms with Crippen molar-refractivity contribution in [3.05, 3.63) is 77.2 Å². The van der Waals surface area contributed by atoms with Crippen LogP contribution in [-0.2, 0) is 0 Å². The van der Waals surface area contributed by atoms with Gasteiger partial charge in [-0.25, -0.2) is 4.39 Å². The van der Waals surface area contributed by atoms with E-state index in [0.29, 0.717) is 17.4 Å². The van der Waals surface area contributed by atoms with Crippen molar-refractivity contribution in [1.29, 1.82) is 0 Å². The molecule has 0 saturated heterocycles. The topological polar surface area (TPSA) is 42.0 Å². The largest absolute Gasteiger partial charge is 0.349 e. The van der Waals surface area contributed by atoms with Crippen LogP contribution in [-0.4, -0.2) is 16.9 Å². The number of hydrogen-bond acceptors (Lipinski definition) is 2. The van der Waals surface area contributed by atoms with Crippen LogP contribution in [0.3, 0.4) is 0 Å². The van der Waals surface area contributed by atoms with E-state index in [1.54, 1.807) is 12.3 Å². The molecule has 0 spiro atoms. The number of carbonyl (C=O) groups excluding carboxylic acids is 1. The zero-order valence-electron chi connectivity index (χ0n) is 17.0. The number of pyridine rings is 1. The van der Waals surface area contributed by atoms with E-state index in [-0.39, 0.29) is 17.8 Å². The molecule has 4 rings (SSSR count). The van der Waals surface area contributed by atoms with E-state index < -0.39 is 0 Å². The molecule has 1 saturated carbocycles. The fourth-order valence-electron chi connectivity index (χ4n) is 4.64. The Bertz CT molecular complexity index is 1020. The van der Waals surface area contributed by atoms with Crippen LogP contribution in [0.5, 0.6) is 0 Å². The molecule has 3 aromatic rings. The summed E-state index contributed by atoms with van der Waals surface area (Å²) in [5.41, 5.74) is 3.47. The maximum Gasteiger partial charge on any atom is 0.251 e. The summed E-state index contributed by atoms with van der Waals surface area (Å²) in [5.74, 6) is 0.618. The van der Waals surface area contributed by atoms with E-state index in [2.05, 4.69) is 17.2 Å². The van der Waals surface area contributed by atoms with Crippen LogP contribution >= 0.6 is 0 Å². The predicted molar refractivity (Wildman–Crippen MR) is 115 cm³/mol. The molecule has 0 aliphatic heterocycles. The summed E-state index contributed by atoms with van der Waals surface area (Å²) in [4.78, 5) is 16.8. The molecule has 3 nitrogen and oxygen atoms in total. The molecule has 1 heterocycles. The highest BCUT2D eigenvalue weighted by Gasteiger charge is 2.28. The Morgan fingerprint density at radius 3 is 2.62 bits per heavy atom. The average Bonchev–Trinajstić information content (AvgIpc) is 2.74. The molecule has 1 aliphatic rings. The number of hydrogen-bond donors (Lipinski definition) is 1. The third kappa shape index (κ3) is 4.16. The highest BCUT2D eigenvalue weighted by molar-refractivity contribution is 5.94. The SMILES string of the molecule is Cc1cccc(C(=O)N[C@H](C)C2CCC(c3ccnc4c(F)cccc34)CC2)c1. The molecule has 1 atom stereocenters. The zero-order valence-corrected chi connectivity index (χ0v) is 17.0. The van der Waals surface area contributed by atoms with Crippen LogP contribution in [0.1, 0.15) is 60.0 Å². The van der Waals surface area contributed by atoms with Crippen LogP contribution in [0.4, 0.5) is 4.39 Å². The van der Waals surface area contributed by atoms with Gasteiger partial charge >= 0.3 is 0 Å². The first-order valence-corrected chi connectivity index (χ1v) is 10.4. The van der Waals surface area contributed by atoms with Gasteiger partial charge in [-0.1, -0.05) is 29.8 Å². The van der Waals surface area contributed by atoms with Gasteiger partial charge in [0.1, 0.15) is 11.3 Å². The first kappa shape index (κ1) is 19.6. The monoisotopic (exact) mass is 390 g/mol. The fourth-order valence-corrected chi connectivity index (χ4v) is 4.64. The molecule has 0 bridgehead atoms. The number of nitrogens with zero attached hydrogens (tertiary/aromatic N) is 1. The number of amides is 1. The fraction of sp³-hybridized carbons (Fsp3) is 0.360. The molecule has 1 aliphatic carbocycles. The lowest BCUT2D eigenvalue weighted by atomic mass is 9.75. The molecule has 1 fully saturated rings. The summed E-state index contributed by atoms with van der Waals surface area (Å²) in [7, 11) is 0. The molecule has 0 unspecified atom stereocenters. The summed E-state index contributed by atoms with van der Waals surface area (Å²) in [5, 5.41) is 4.11. The van der Waals surface area contributed by atoms with Gasteiger partial charge in [-0.05, 0) is 81.2 Å². The lowest BCUT2D eigenvalue weighted by molar-refractivity contribution is 0.0917. The van der Waals surface area contributed by atoms with E-state index in [1.165, 1.54) is 11.6 Å². The Kier molecular flexibility index (Phi) is 5.61. The van der Waals surface area contributed by atoms with Gasteiger partial charge in [0, 0.05) is 23.2 Å². The van der Waals surface area contributed by atoms with E-state index in [9.17, 15) is 9.18 Å². The maximum atomic E-state index is 14.1. The second kappa shape index (κ2) is 8.32. The van der Waals surface area contributed by atoms with Crippen molar-refractivity contribution in [2.24, 2.45) is 5.92 Å². The maximum absolute atomic E-state index is 14.1. The summed E-state index contributed by atoms with van der Waals surface area (Å²) in [6.45, 7) is 4.10. The number of aromatic nitrogens is 1. The molecule has 1 amide bonds. The summed E-state index contributed by atoms with van der Waals surface area (Å²) >= 11 is 0. The van der Waals surface area contributed by atoms with E-state index in [1.807, 2.05) is 43.3 Å². The Morgan fingerprint density at radius 1 is 1.10 bits per heavy atom. The Hall–Kier alpha value is -2.75. The highest BCUT2D eigenvalue weighted by Crippen LogP contribution is 2.39. The van der Waals surface area contributed by atoms with Gasteiger partial charge in [-0.2, -0.15) is 0 Å². The number of halogens is 1. The van der Waals surface area contributed by atoms with Crippen molar-refractivity contribution in [2.45, 2.75) is 51.5 Å². The molecule has 29 heavy (non-hydrogen) atoms. The third-order valence-electron chi connectivity index (χ3n) is 6.31. The molecule has 4 heteroatoms. The van der Waals surface area contributed by atoms with Crippen LogP contribution in [0, 0.1) is 18.7 Å². The minimum atomic E-state index is -0.259. The molecule has 1 N–H and O–H groups in total. The second-order valence-corrected chi connectivity index (χ2v) is 8.28. The van der Waals surface area contributed by atoms with Crippen molar-refractivity contribution in [3.8, 4) is 0 Å². The average molecular weight is 391 g/mol. The lowest BCUT2D eigenvalue weighted by Gasteiger charge is -2.33. The van der Waals surface area contributed by atoms with Crippen molar-refractivity contribution < 1.29 is 9.18 Å². The molecule has 150 valence electrons. The molecule has 1 aromatic heterocycles. The number of fused-ring (bicyclic) bond motifs is 1. The summed E-state index contributed by atoms with van der Waals surface area (Å²) in [6, 6.07) is 15.1. The zero-order chi connectivity index (χ0) is 20.4.